The predicted molar refractivity (Wildman–Crippen MR) is 74.3 cm³/mol. The number of nitrogens with two attached hydrogens (primary N) is 1. The monoisotopic (exact) mass is 232 g/mol. The molecule has 1 aliphatic heterocycles. The van der Waals surface area contributed by atoms with E-state index in [1.807, 2.05) is 0 Å². The van der Waals surface area contributed by atoms with E-state index < -0.39 is 0 Å². The van der Waals surface area contributed by atoms with E-state index in [2.05, 4.69) is 49.9 Å². The maximum Gasteiger partial charge on any atom is 0.0414 e. The van der Waals surface area contributed by atoms with Gasteiger partial charge in [-0.05, 0) is 29.9 Å². The summed E-state index contributed by atoms with van der Waals surface area (Å²) in [5.74, 6) is 0. The lowest BCUT2D eigenvalue weighted by atomic mass is 9.93. The van der Waals surface area contributed by atoms with Crippen LogP contribution in [-0.4, -0.2) is 13.1 Å². The Morgan fingerprint density at radius 1 is 1.35 bits per heavy atom. The first-order valence-corrected chi connectivity index (χ1v) is 6.63. The lowest BCUT2D eigenvalue weighted by molar-refractivity contribution is 0.418. The average molecular weight is 232 g/mol. The molecule has 1 heterocycles. The molecule has 0 spiro atoms. The van der Waals surface area contributed by atoms with Crippen LogP contribution in [-0.2, 0) is 0 Å². The quantitative estimate of drug-likeness (QED) is 0.866. The van der Waals surface area contributed by atoms with Gasteiger partial charge < -0.3 is 10.6 Å². The lowest BCUT2D eigenvalue weighted by Crippen LogP contribution is -2.25. The highest BCUT2D eigenvalue weighted by molar-refractivity contribution is 5.56. The van der Waals surface area contributed by atoms with Crippen LogP contribution in [0.4, 0.5) is 5.69 Å². The Hall–Kier alpha value is -1.02. The van der Waals surface area contributed by atoms with E-state index in [-0.39, 0.29) is 6.04 Å². The van der Waals surface area contributed by atoms with Crippen molar-refractivity contribution in [2.75, 3.05) is 18.0 Å². The molecule has 0 saturated carbocycles. The van der Waals surface area contributed by atoms with Crippen LogP contribution in [0.1, 0.15) is 45.2 Å². The Morgan fingerprint density at radius 2 is 2.06 bits per heavy atom. The van der Waals surface area contributed by atoms with Crippen LogP contribution in [0.2, 0.25) is 0 Å². The number of anilines is 1. The molecule has 0 aliphatic carbocycles. The molecular weight excluding hydrogens is 208 g/mol. The van der Waals surface area contributed by atoms with Gasteiger partial charge in [-0.25, -0.2) is 0 Å². The SMILES string of the molecule is CCC(N)c1ccccc1N1CCC(C)(C)C1. The van der Waals surface area contributed by atoms with Gasteiger partial charge in [0.2, 0.25) is 0 Å². The zero-order chi connectivity index (χ0) is 12.5. The molecule has 1 aromatic rings. The first-order valence-electron chi connectivity index (χ1n) is 6.63. The van der Waals surface area contributed by atoms with Gasteiger partial charge in [0.1, 0.15) is 0 Å². The van der Waals surface area contributed by atoms with Crippen molar-refractivity contribution in [3.05, 3.63) is 29.8 Å². The maximum absolute atomic E-state index is 6.20. The van der Waals surface area contributed by atoms with Gasteiger partial charge in [-0.2, -0.15) is 0 Å². The first kappa shape index (κ1) is 12.4. The van der Waals surface area contributed by atoms with Crippen LogP contribution in [0.5, 0.6) is 0 Å². The number of hydrogen-bond donors (Lipinski definition) is 1. The lowest BCUT2D eigenvalue weighted by Gasteiger charge is -2.26. The Morgan fingerprint density at radius 3 is 2.65 bits per heavy atom. The van der Waals surface area contributed by atoms with Gasteiger partial charge in [0.25, 0.3) is 0 Å². The van der Waals surface area contributed by atoms with Crippen LogP contribution < -0.4 is 10.6 Å². The molecule has 1 atom stereocenters. The summed E-state index contributed by atoms with van der Waals surface area (Å²) < 4.78 is 0. The van der Waals surface area contributed by atoms with E-state index in [0.29, 0.717) is 5.41 Å². The number of benzene rings is 1. The molecule has 1 unspecified atom stereocenters. The summed E-state index contributed by atoms with van der Waals surface area (Å²) in [4.78, 5) is 2.49. The number of para-hydroxylation sites is 1. The zero-order valence-corrected chi connectivity index (χ0v) is 11.2. The van der Waals surface area contributed by atoms with Crippen LogP contribution in [0, 0.1) is 5.41 Å². The first-order chi connectivity index (χ1) is 8.03. The zero-order valence-electron chi connectivity index (χ0n) is 11.2. The maximum atomic E-state index is 6.20. The van der Waals surface area contributed by atoms with Crippen molar-refractivity contribution in [1.29, 1.82) is 0 Å². The van der Waals surface area contributed by atoms with E-state index in [1.54, 1.807) is 0 Å². The molecule has 2 rings (SSSR count). The largest absolute Gasteiger partial charge is 0.371 e. The van der Waals surface area contributed by atoms with Gasteiger partial charge in [-0.3, -0.25) is 0 Å². The summed E-state index contributed by atoms with van der Waals surface area (Å²) in [6.45, 7) is 9.13. The third kappa shape index (κ3) is 2.63. The van der Waals surface area contributed by atoms with Crippen molar-refractivity contribution < 1.29 is 0 Å². The van der Waals surface area contributed by atoms with Crippen molar-refractivity contribution in [2.24, 2.45) is 11.1 Å². The van der Waals surface area contributed by atoms with E-state index in [4.69, 9.17) is 5.73 Å². The van der Waals surface area contributed by atoms with Gasteiger partial charge >= 0.3 is 0 Å². The minimum absolute atomic E-state index is 0.162. The molecule has 0 radical (unpaired) electrons. The molecule has 2 heteroatoms. The third-order valence-electron chi connectivity index (χ3n) is 3.79. The predicted octanol–water partition coefficient (Wildman–Crippen LogP) is 3.33. The summed E-state index contributed by atoms with van der Waals surface area (Å²) in [5, 5.41) is 0. The second-order valence-electron chi connectivity index (χ2n) is 5.91. The number of nitrogens with zero attached hydrogens (tertiary/aromatic N) is 1. The topological polar surface area (TPSA) is 29.3 Å². The minimum atomic E-state index is 0.162. The molecule has 1 fully saturated rings. The molecule has 94 valence electrons. The molecular formula is C15H24N2. The van der Waals surface area contributed by atoms with Crippen LogP contribution in [0.15, 0.2) is 24.3 Å². The van der Waals surface area contributed by atoms with E-state index in [9.17, 15) is 0 Å². The number of hydrogen-bond acceptors (Lipinski definition) is 2. The van der Waals surface area contributed by atoms with Crippen molar-refractivity contribution in [3.8, 4) is 0 Å². The summed E-state index contributed by atoms with van der Waals surface area (Å²) in [6, 6.07) is 8.76. The fraction of sp³-hybridized carbons (Fsp3) is 0.600. The molecule has 0 bridgehead atoms. The fourth-order valence-electron chi connectivity index (χ4n) is 2.63. The second-order valence-corrected chi connectivity index (χ2v) is 5.91. The second kappa shape index (κ2) is 4.69. The fourth-order valence-corrected chi connectivity index (χ4v) is 2.63. The van der Waals surface area contributed by atoms with Crippen molar-refractivity contribution in [1.82, 2.24) is 0 Å². The van der Waals surface area contributed by atoms with Crippen LogP contribution >= 0.6 is 0 Å². The number of rotatable bonds is 3. The van der Waals surface area contributed by atoms with Gasteiger partial charge in [0, 0.05) is 24.8 Å². The standard InChI is InChI=1S/C15H24N2/c1-4-13(16)12-7-5-6-8-14(12)17-10-9-15(2,3)11-17/h5-8,13H,4,9-11,16H2,1-3H3. The van der Waals surface area contributed by atoms with E-state index >= 15 is 0 Å². The smallest absolute Gasteiger partial charge is 0.0414 e. The van der Waals surface area contributed by atoms with Crippen molar-refractivity contribution in [2.45, 2.75) is 39.7 Å². The Labute approximate surface area is 105 Å². The van der Waals surface area contributed by atoms with Crippen molar-refractivity contribution >= 4 is 5.69 Å². The summed E-state index contributed by atoms with van der Waals surface area (Å²) in [7, 11) is 0. The minimum Gasteiger partial charge on any atom is -0.371 e. The molecule has 2 N–H and O–H groups in total. The van der Waals surface area contributed by atoms with Crippen molar-refractivity contribution in [3.63, 3.8) is 0 Å². The highest BCUT2D eigenvalue weighted by atomic mass is 15.2. The van der Waals surface area contributed by atoms with Crippen LogP contribution in [0.3, 0.4) is 0 Å². The Bertz CT molecular complexity index is 384. The van der Waals surface area contributed by atoms with Gasteiger partial charge in [-0.15, -0.1) is 0 Å². The summed E-state index contributed by atoms with van der Waals surface area (Å²) >= 11 is 0. The van der Waals surface area contributed by atoms with Crippen LogP contribution in [0.25, 0.3) is 0 Å². The van der Waals surface area contributed by atoms with E-state index in [1.165, 1.54) is 17.7 Å². The van der Waals surface area contributed by atoms with Gasteiger partial charge in [0.15, 0.2) is 0 Å². The molecule has 1 aliphatic rings. The third-order valence-corrected chi connectivity index (χ3v) is 3.79. The highest BCUT2D eigenvalue weighted by Gasteiger charge is 2.30. The summed E-state index contributed by atoms with van der Waals surface area (Å²) in [6.07, 6.45) is 2.26. The van der Waals surface area contributed by atoms with Gasteiger partial charge in [0.05, 0.1) is 0 Å². The molecule has 2 nitrogen and oxygen atoms in total. The van der Waals surface area contributed by atoms with Gasteiger partial charge in [-0.1, -0.05) is 39.0 Å². The molecule has 17 heavy (non-hydrogen) atoms. The molecule has 1 aromatic carbocycles. The molecule has 1 saturated heterocycles. The Kier molecular flexibility index (Phi) is 3.43. The summed E-state index contributed by atoms with van der Waals surface area (Å²) in [5.41, 5.74) is 9.28. The molecule has 0 aromatic heterocycles. The Balaban J connectivity index is 2.27. The molecule has 0 amide bonds. The highest BCUT2D eigenvalue weighted by Crippen LogP contribution is 2.35. The normalized spacial score (nSPS) is 20.6. The van der Waals surface area contributed by atoms with E-state index in [0.717, 1.165) is 19.5 Å². The average Bonchev–Trinajstić information content (AvgIpc) is 2.68.